The molecule has 3 rings (SSSR count). The quantitative estimate of drug-likeness (QED) is 0.937. The summed E-state index contributed by atoms with van der Waals surface area (Å²) >= 11 is 0. The van der Waals surface area contributed by atoms with Crippen LogP contribution in [0.3, 0.4) is 0 Å². The number of carbonyl (C=O) groups excluding carboxylic acids is 1. The number of amides is 1. The largest absolute Gasteiger partial charge is 0.343 e. The number of hydrogen-bond donors (Lipinski definition) is 1. The maximum Gasteiger partial charge on any atom is 0.222 e. The summed E-state index contributed by atoms with van der Waals surface area (Å²) in [6, 6.07) is 0. The molecule has 2 aromatic heterocycles. The van der Waals surface area contributed by atoms with Crippen molar-refractivity contribution < 1.29 is 4.79 Å². The molecule has 1 atom stereocenters. The number of hydrogen-bond acceptors (Lipinski definition) is 4. The van der Waals surface area contributed by atoms with Crippen molar-refractivity contribution in [2.24, 2.45) is 5.92 Å². The summed E-state index contributed by atoms with van der Waals surface area (Å²) in [6.07, 6.45) is 10.7. The summed E-state index contributed by atoms with van der Waals surface area (Å²) < 4.78 is 0. The van der Waals surface area contributed by atoms with Gasteiger partial charge in [-0.1, -0.05) is 6.92 Å². The first-order valence-electron chi connectivity index (χ1n) is 7.84. The van der Waals surface area contributed by atoms with Crippen LogP contribution >= 0.6 is 0 Å². The maximum atomic E-state index is 11.8. The Morgan fingerprint density at radius 3 is 2.95 bits per heavy atom. The van der Waals surface area contributed by atoms with Gasteiger partial charge in [-0.3, -0.25) is 9.78 Å². The van der Waals surface area contributed by atoms with Gasteiger partial charge in [0.2, 0.25) is 5.91 Å². The third-order valence-electron chi connectivity index (χ3n) is 4.12. The van der Waals surface area contributed by atoms with Crippen LogP contribution in [0.15, 0.2) is 24.8 Å². The van der Waals surface area contributed by atoms with Crippen molar-refractivity contribution in [1.82, 2.24) is 24.8 Å². The van der Waals surface area contributed by atoms with Gasteiger partial charge in [0, 0.05) is 38.1 Å². The third kappa shape index (κ3) is 3.32. The van der Waals surface area contributed by atoms with Crippen molar-refractivity contribution in [2.75, 3.05) is 13.1 Å². The van der Waals surface area contributed by atoms with Crippen LogP contribution in [0.2, 0.25) is 0 Å². The minimum Gasteiger partial charge on any atom is -0.343 e. The summed E-state index contributed by atoms with van der Waals surface area (Å²) in [4.78, 5) is 29.9. The van der Waals surface area contributed by atoms with Gasteiger partial charge in [-0.2, -0.15) is 0 Å². The Balaban J connectivity index is 1.62. The summed E-state index contributed by atoms with van der Waals surface area (Å²) in [6.45, 7) is 3.66. The first-order chi connectivity index (χ1) is 10.8. The molecule has 6 nitrogen and oxygen atoms in total. The summed E-state index contributed by atoms with van der Waals surface area (Å²) in [5.41, 5.74) is 1.73. The summed E-state index contributed by atoms with van der Waals surface area (Å²) in [5, 5.41) is 0. The second-order valence-corrected chi connectivity index (χ2v) is 5.74. The Labute approximate surface area is 130 Å². The molecule has 0 aromatic carbocycles. The lowest BCUT2D eigenvalue weighted by Gasteiger charge is -2.32. The predicted molar refractivity (Wildman–Crippen MR) is 82.9 cm³/mol. The molecule has 2 aromatic rings. The van der Waals surface area contributed by atoms with Crippen LogP contribution in [0.25, 0.3) is 11.5 Å². The molecule has 1 aliphatic rings. The molecule has 0 bridgehead atoms. The van der Waals surface area contributed by atoms with Crippen molar-refractivity contribution in [3.63, 3.8) is 0 Å². The summed E-state index contributed by atoms with van der Waals surface area (Å²) in [5.74, 6) is 1.47. The van der Waals surface area contributed by atoms with E-state index in [-0.39, 0.29) is 5.91 Å². The standard InChI is InChI=1S/C16H21N5O/c1-2-15(22)21-7-3-4-12(11-21)8-13-9-20-14(10-19-13)16-17-5-6-18-16/h5-6,9-10,12H,2-4,7-8,11H2,1H3,(H,17,18). The van der Waals surface area contributed by atoms with Gasteiger partial charge < -0.3 is 9.88 Å². The summed E-state index contributed by atoms with van der Waals surface area (Å²) in [7, 11) is 0. The SMILES string of the molecule is CCC(=O)N1CCCC(Cc2cnc(-c3ncc[nH]3)cn2)C1. The van der Waals surface area contributed by atoms with Gasteiger partial charge in [0.05, 0.1) is 11.9 Å². The van der Waals surface area contributed by atoms with Crippen LogP contribution in [0.4, 0.5) is 0 Å². The highest BCUT2D eigenvalue weighted by molar-refractivity contribution is 5.75. The number of nitrogens with zero attached hydrogens (tertiary/aromatic N) is 4. The van der Waals surface area contributed by atoms with E-state index in [2.05, 4.69) is 19.9 Å². The lowest BCUT2D eigenvalue weighted by molar-refractivity contribution is -0.132. The highest BCUT2D eigenvalue weighted by atomic mass is 16.2. The van der Waals surface area contributed by atoms with Gasteiger partial charge >= 0.3 is 0 Å². The fourth-order valence-corrected chi connectivity index (χ4v) is 2.97. The van der Waals surface area contributed by atoms with Crippen molar-refractivity contribution in [3.8, 4) is 11.5 Å². The zero-order valence-electron chi connectivity index (χ0n) is 12.8. The van der Waals surface area contributed by atoms with E-state index >= 15 is 0 Å². The molecule has 0 radical (unpaired) electrons. The molecule has 1 aliphatic heterocycles. The lowest BCUT2D eigenvalue weighted by atomic mass is 9.93. The molecule has 0 saturated carbocycles. The van der Waals surface area contributed by atoms with E-state index in [9.17, 15) is 4.79 Å². The van der Waals surface area contributed by atoms with E-state index < -0.39 is 0 Å². The molecular formula is C16H21N5O. The molecule has 3 heterocycles. The van der Waals surface area contributed by atoms with Crippen LogP contribution in [0.1, 0.15) is 31.9 Å². The average molecular weight is 299 g/mol. The fraction of sp³-hybridized carbons (Fsp3) is 0.500. The third-order valence-corrected chi connectivity index (χ3v) is 4.12. The zero-order chi connectivity index (χ0) is 15.4. The van der Waals surface area contributed by atoms with E-state index in [0.29, 0.717) is 12.3 Å². The number of aromatic amines is 1. The maximum absolute atomic E-state index is 11.8. The van der Waals surface area contributed by atoms with Crippen LogP contribution in [0.5, 0.6) is 0 Å². The molecule has 1 fully saturated rings. The van der Waals surface area contributed by atoms with E-state index in [1.165, 1.54) is 0 Å². The van der Waals surface area contributed by atoms with Crippen LogP contribution in [-0.2, 0) is 11.2 Å². The highest BCUT2D eigenvalue weighted by Gasteiger charge is 2.23. The second kappa shape index (κ2) is 6.68. The van der Waals surface area contributed by atoms with E-state index in [1.54, 1.807) is 18.6 Å². The van der Waals surface area contributed by atoms with Gasteiger partial charge in [-0.25, -0.2) is 9.97 Å². The first kappa shape index (κ1) is 14.7. The Hall–Kier alpha value is -2.24. The normalized spacial score (nSPS) is 18.4. The number of H-pyrrole nitrogens is 1. The van der Waals surface area contributed by atoms with E-state index in [4.69, 9.17) is 0 Å². The Morgan fingerprint density at radius 1 is 1.36 bits per heavy atom. The molecule has 1 unspecified atom stereocenters. The second-order valence-electron chi connectivity index (χ2n) is 5.74. The Kier molecular flexibility index (Phi) is 4.46. The van der Waals surface area contributed by atoms with Crippen LogP contribution in [-0.4, -0.2) is 43.8 Å². The number of imidazole rings is 1. The molecule has 0 aliphatic carbocycles. The van der Waals surface area contributed by atoms with Gasteiger partial charge in [-0.05, 0) is 25.2 Å². The van der Waals surface area contributed by atoms with Crippen molar-refractivity contribution in [3.05, 3.63) is 30.5 Å². The monoisotopic (exact) mass is 299 g/mol. The number of piperidine rings is 1. The topological polar surface area (TPSA) is 74.8 Å². The minimum absolute atomic E-state index is 0.254. The molecule has 0 spiro atoms. The van der Waals surface area contributed by atoms with Crippen LogP contribution in [0, 0.1) is 5.92 Å². The molecule has 6 heteroatoms. The van der Waals surface area contributed by atoms with E-state index in [0.717, 1.165) is 49.6 Å². The highest BCUT2D eigenvalue weighted by Crippen LogP contribution is 2.21. The van der Waals surface area contributed by atoms with Gasteiger partial charge in [0.15, 0.2) is 5.82 Å². The number of nitrogens with one attached hydrogen (secondary N) is 1. The minimum atomic E-state index is 0.254. The Bertz CT molecular complexity index is 608. The predicted octanol–water partition coefficient (Wildman–Crippen LogP) is 2.06. The first-order valence-corrected chi connectivity index (χ1v) is 7.84. The van der Waals surface area contributed by atoms with E-state index in [1.807, 2.05) is 18.0 Å². The van der Waals surface area contributed by atoms with Crippen LogP contribution < -0.4 is 0 Å². The Morgan fingerprint density at radius 2 is 2.27 bits per heavy atom. The molecular weight excluding hydrogens is 278 g/mol. The lowest BCUT2D eigenvalue weighted by Crippen LogP contribution is -2.40. The van der Waals surface area contributed by atoms with Gasteiger partial charge in [0.1, 0.15) is 5.69 Å². The van der Waals surface area contributed by atoms with Crippen molar-refractivity contribution in [1.29, 1.82) is 0 Å². The average Bonchev–Trinajstić information content (AvgIpc) is 3.09. The number of rotatable bonds is 4. The molecule has 1 N–H and O–H groups in total. The number of likely N-dealkylation sites (tertiary alicyclic amines) is 1. The molecule has 116 valence electrons. The zero-order valence-corrected chi connectivity index (χ0v) is 12.8. The fourth-order valence-electron chi connectivity index (χ4n) is 2.97. The molecule has 1 saturated heterocycles. The molecule has 22 heavy (non-hydrogen) atoms. The van der Waals surface area contributed by atoms with Crippen molar-refractivity contribution >= 4 is 5.91 Å². The number of aromatic nitrogens is 4. The van der Waals surface area contributed by atoms with Gasteiger partial charge in [0.25, 0.3) is 0 Å². The smallest absolute Gasteiger partial charge is 0.222 e. The molecule has 1 amide bonds. The number of carbonyl (C=O) groups is 1. The van der Waals surface area contributed by atoms with Crippen molar-refractivity contribution in [2.45, 2.75) is 32.6 Å². The van der Waals surface area contributed by atoms with Gasteiger partial charge in [-0.15, -0.1) is 0 Å².